The maximum Gasteiger partial charge on any atom is 0.174 e. The summed E-state index contributed by atoms with van der Waals surface area (Å²) < 4.78 is 19.1. The highest BCUT2D eigenvalue weighted by Gasteiger charge is 2.15. The van der Waals surface area contributed by atoms with Gasteiger partial charge in [-0.2, -0.15) is 0 Å². The number of hydrogen-bond donors (Lipinski definition) is 2. The van der Waals surface area contributed by atoms with E-state index in [2.05, 4.69) is 4.98 Å². The van der Waals surface area contributed by atoms with Gasteiger partial charge < -0.3 is 15.5 Å². The number of hydrogen-bond acceptors (Lipinski definition) is 2. The predicted octanol–water partition coefficient (Wildman–Crippen LogP) is 2.13. The van der Waals surface area contributed by atoms with Crippen molar-refractivity contribution in [1.82, 2.24) is 4.98 Å². The summed E-state index contributed by atoms with van der Waals surface area (Å²) in [4.78, 5) is 3.15. The Morgan fingerprint density at radius 3 is 2.81 bits per heavy atom. The molecule has 1 heterocycles. The molecule has 16 heavy (non-hydrogen) atoms. The Bertz CT molecular complexity index is 519. The topological polar surface area (TPSA) is 51.0 Å². The van der Waals surface area contributed by atoms with Gasteiger partial charge in [0.2, 0.25) is 0 Å². The molecule has 86 valence electrons. The molecule has 2 rings (SSSR count). The largest absolute Gasteiger partial charge is 0.494 e. The molecule has 0 aliphatic heterocycles. The zero-order chi connectivity index (χ0) is 11.7. The normalized spacial score (nSPS) is 11.0. The van der Waals surface area contributed by atoms with Crippen LogP contribution in [0.1, 0.15) is 11.3 Å². The SMILES string of the molecule is COc1ccc2[nH]c(C)c(CCN)c2c1F. The van der Waals surface area contributed by atoms with Crippen molar-refractivity contribution in [3.8, 4) is 5.75 Å². The Hall–Kier alpha value is -1.55. The first kappa shape index (κ1) is 11.0. The maximum atomic E-state index is 14.1. The van der Waals surface area contributed by atoms with E-state index >= 15 is 0 Å². The second-order valence-corrected chi connectivity index (χ2v) is 3.77. The molecule has 0 saturated carbocycles. The maximum absolute atomic E-state index is 14.1. The summed E-state index contributed by atoms with van der Waals surface area (Å²) in [7, 11) is 1.46. The summed E-state index contributed by atoms with van der Waals surface area (Å²) in [6.07, 6.45) is 0.663. The molecule has 0 saturated heterocycles. The van der Waals surface area contributed by atoms with Crippen LogP contribution < -0.4 is 10.5 Å². The lowest BCUT2D eigenvalue weighted by molar-refractivity contribution is 0.389. The monoisotopic (exact) mass is 222 g/mol. The Morgan fingerprint density at radius 2 is 2.19 bits per heavy atom. The van der Waals surface area contributed by atoms with Crippen LogP contribution in [0.3, 0.4) is 0 Å². The van der Waals surface area contributed by atoms with Gasteiger partial charge >= 0.3 is 0 Å². The Kier molecular flexibility index (Phi) is 2.83. The minimum atomic E-state index is -0.312. The van der Waals surface area contributed by atoms with Crippen LogP contribution >= 0.6 is 0 Å². The third-order valence-corrected chi connectivity index (χ3v) is 2.80. The van der Waals surface area contributed by atoms with Crippen molar-refractivity contribution in [2.45, 2.75) is 13.3 Å². The van der Waals surface area contributed by atoms with Gasteiger partial charge in [-0.05, 0) is 37.6 Å². The molecule has 0 spiro atoms. The Balaban J connectivity index is 2.73. The average molecular weight is 222 g/mol. The van der Waals surface area contributed by atoms with E-state index in [0.29, 0.717) is 18.4 Å². The fourth-order valence-electron chi connectivity index (χ4n) is 2.04. The molecule has 0 bridgehead atoms. The number of aryl methyl sites for hydroxylation is 1. The van der Waals surface area contributed by atoms with E-state index in [9.17, 15) is 4.39 Å². The van der Waals surface area contributed by atoms with Crippen molar-refractivity contribution >= 4 is 10.9 Å². The number of H-pyrrole nitrogens is 1. The smallest absolute Gasteiger partial charge is 0.174 e. The van der Waals surface area contributed by atoms with Crippen LogP contribution in [0.15, 0.2) is 12.1 Å². The minimum absolute atomic E-state index is 0.268. The molecular weight excluding hydrogens is 207 g/mol. The number of ether oxygens (including phenoxy) is 1. The molecule has 0 radical (unpaired) electrons. The molecule has 0 aliphatic carbocycles. The highest BCUT2D eigenvalue weighted by atomic mass is 19.1. The number of aromatic nitrogens is 1. The van der Waals surface area contributed by atoms with Crippen LogP contribution in [-0.2, 0) is 6.42 Å². The predicted molar refractivity (Wildman–Crippen MR) is 62.3 cm³/mol. The highest BCUT2D eigenvalue weighted by Crippen LogP contribution is 2.30. The standard InChI is InChI=1S/C12H15FN2O/c1-7-8(5-6-14)11-9(15-7)3-4-10(16-2)12(11)13/h3-4,15H,5-6,14H2,1-2H3. The molecule has 3 nitrogen and oxygen atoms in total. The van der Waals surface area contributed by atoms with Crippen LogP contribution in [0.4, 0.5) is 4.39 Å². The van der Waals surface area contributed by atoms with E-state index < -0.39 is 0 Å². The van der Waals surface area contributed by atoms with Crippen molar-refractivity contribution in [3.63, 3.8) is 0 Å². The van der Waals surface area contributed by atoms with Gasteiger partial charge in [0.05, 0.1) is 7.11 Å². The van der Waals surface area contributed by atoms with Gasteiger partial charge in [-0.25, -0.2) is 4.39 Å². The molecule has 3 N–H and O–H groups in total. The first-order valence-electron chi connectivity index (χ1n) is 5.22. The van der Waals surface area contributed by atoms with Gasteiger partial charge in [0.1, 0.15) is 0 Å². The van der Waals surface area contributed by atoms with Crippen LogP contribution in [0.5, 0.6) is 5.75 Å². The number of fused-ring (bicyclic) bond motifs is 1. The minimum Gasteiger partial charge on any atom is -0.494 e. The molecule has 1 aromatic carbocycles. The lowest BCUT2D eigenvalue weighted by Crippen LogP contribution is -2.03. The van der Waals surface area contributed by atoms with Gasteiger partial charge in [0, 0.05) is 16.6 Å². The number of nitrogens with two attached hydrogens (primary N) is 1. The molecule has 0 amide bonds. The van der Waals surface area contributed by atoms with Crippen LogP contribution in [0.25, 0.3) is 10.9 Å². The lowest BCUT2D eigenvalue weighted by Gasteiger charge is -2.04. The summed E-state index contributed by atoms with van der Waals surface area (Å²) in [5.74, 6) is -0.0439. The van der Waals surface area contributed by atoms with Crippen LogP contribution in [0.2, 0.25) is 0 Å². The number of rotatable bonds is 3. The third-order valence-electron chi connectivity index (χ3n) is 2.80. The zero-order valence-corrected chi connectivity index (χ0v) is 9.43. The molecule has 4 heteroatoms. The van der Waals surface area contributed by atoms with Gasteiger partial charge in [-0.3, -0.25) is 0 Å². The number of halogens is 1. The van der Waals surface area contributed by atoms with E-state index in [-0.39, 0.29) is 11.6 Å². The molecule has 0 unspecified atom stereocenters. The molecule has 0 atom stereocenters. The average Bonchev–Trinajstić information content (AvgIpc) is 2.58. The first-order chi connectivity index (χ1) is 7.69. The molecule has 0 fully saturated rings. The number of benzene rings is 1. The molecular formula is C12H15FN2O. The lowest BCUT2D eigenvalue weighted by atomic mass is 10.1. The van der Waals surface area contributed by atoms with Gasteiger partial charge in [0.25, 0.3) is 0 Å². The second kappa shape index (κ2) is 4.14. The van der Waals surface area contributed by atoms with Crippen molar-refractivity contribution < 1.29 is 9.13 Å². The summed E-state index contributed by atoms with van der Waals surface area (Å²) in [6, 6.07) is 3.45. The Morgan fingerprint density at radius 1 is 1.44 bits per heavy atom. The first-order valence-corrected chi connectivity index (χ1v) is 5.22. The van der Waals surface area contributed by atoms with E-state index in [1.54, 1.807) is 6.07 Å². The summed E-state index contributed by atoms with van der Waals surface area (Å²) in [6.45, 7) is 2.43. The van der Waals surface area contributed by atoms with Crippen molar-refractivity contribution in [2.75, 3.05) is 13.7 Å². The van der Waals surface area contributed by atoms with E-state index in [1.807, 2.05) is 13.0 Å². The van der Waals surface area contributed by atoms with E-state index in [0.717, 1.165) is 16.8 Å². The Labute approximate surface area is 93.4 Å². The molecule has 2 aromatic rings. The molecule has 0 aliphatic rings. The van der Waals surface area contributed by atoms with Crippen LogP contribution in [0, 0.1) is 12.7 Å². The quantitative estimate of drug-likeness (QED) is 0.835. The number of methoxy groups -OCH3 is 1. The fourth-order valence-corrected chi connectivity index (χ4v) is 2.04. The number of nitrogens with one attached hydrogen (secondary N) is 1. The summed E-state index contributed by atoms with van der Waals surface area (Å²) >= 11 is 0. The second-order valence-electron chi connectivity index (χ2n) is 3.77. The van der Waals surface area contributed by atoms with Crippen molar-refractivity contribution in [3.05, 3.63) is 29.2 Å². The zero-order valence-electron chi connectivity index (χ0n) is 9.43. The van der Waals surface area contributed by atoms with Gasteiger partial charge in [0.15, 0.2) is 11.6 Å². The van der Waals surface area contributed by atoms with Crippen molar-refractivity contribution in [2.24, 2.45) is 5.73 Å². The third kappa shape index (κ3) is 1.55. The highest BCUT2D eigenvalue weighted by molar-refractivity contribution is 5.86. The summed E-state index contributed by atoms with van der Waals surface area (Å²) in [5, 5.41) is 0.599. The van der Waals surface area contributed by atoms with E-state index in [4.69, 9.17) is 10.5 Å². The van der Waals surface area contributed by atoms with Gasteiger partial charge in [-0.1, -0.05) is 0 Å². The number of aromatic amines is 1. The van der Waals surface area contributed by atoms with Crippen LogP contribution in [-0.4, -0.2) is 18.6 Å². The van der Waals surface area contributed by atoms with Crippen molar-refractivity contribution in [1.29, 1.82) is 0 Å². The fraction of sp³-hybridized carbons (Fsp3) is 0.333. The van der Waals surface area contributed by atoms with E-state index in [1.165, 1.54) is 7.11 Å². The molecule has 1 aromatic heterocycles. The van der Waals surface area contributed by atoms with Gasteiger partial charge in [-0.15, -0.1) is 0 Å². The summed E-state index contributed by atoms with van der Waals surface area (Å²) in [5.41, 5.74) is 8.23.